The van der Waals surface area contributed by atoms with Gasteiger partial charge in [0.1, 0.15) is 0 Å². The largest absolute Gasteiger partial charge is 0.372 e. The zero-order chi connectivity index (χ0) is 13.5. The van der Waals surface area contributed by atoms with E-state index in [2.05, 4.69) is 59.6 Å². The molecule has 2 rings (SSSR count). The average molecular weight is 259 g/mol. The van der Waals surface area contributed by atoms with Gasteiger partial charge >= 0.3 is 0 Å². The Kier molecular flexibility index (Phi) is 5.40. The summed E-state index contributed by atoms with van der Waals surface area (Å²) in [7, 11) is 4.27. The molecule has 1 N–H and O–H groups in total. The van der Waals surface area contributed by atoms with Gasteiger partial charge in [0, 0.05) is 19.5 Å². The van der Waals surface area contributed by atoms with Crippen LogP contribution in [0.25, 0.3) is 0 Å². The van der Waals surface area contributed by atoms with Crippen LogP contribution in [0.4, 0.5) is 0 Å². The Morgan fingerprint density at radius 3 is 2.68 bits per heavy atom. The van der Waals surface area contributed by atoms with Gasteiger partial charge in [-0.3, -0.25) is 4.99 Å². The van der Waals surface area contributed by atoms with E-state index in [-0.39, 0.29) is 0 Å². The molecule has 1 aromatic rings. The second-order valence-electron chi connectivity index (χ2n) is 5.41. The summed E-state index contributed by atoms with van der Waals surface area (Å²) in [5.74, 6) is 1.19. The van der Waals surface area contributed by atoms with Gasteiger partial charge in [-0.1, -0.05) is 36.8 Å². The van der Waals surface area contributed by atoms with E-state index in [9.17, 15) is 0 Å². The number of amidine groups is 1. The first-order chi connectivity index (χ1) is 9.27. The molecule has 0 fully saturated rings. The normalized spacial score (nSPS) is 17.7. The lowest BCUT2D eigenvalue weighted by atomic mass is 10.1. The smallest absolute Gasteiger partial charge is 0.0963 e. The quantitative estimate of drug-likeness (QED) is 0.900. The molecule has 1 unspecified atom stereocenters. The maximum Gasteiger partial charge on any atom is 0.0963 e. The fourth-order valence-electron chi connectivity index (χ4n) is 2.51. The molecule has 104 valence electrons. The molecule has 0 aromatic heterocycles. The number of hydrogen-bond donors (Lipinski definition) is 1. The van der Waals surface area contributed by atoms with Gasteiger partial charge in [-0.2, -0.15) is 0 Å². The molecule has 1 aromatic carbocycles. The summed E-state index contributed by atoms with van der Waals surface area (Å²) in [6.07, 6.45) is 4.92. The number of aliphatic imine (C=N–C) groups is 1. The van der Waals surface area contributed by atoms with Gasteiger partial charge in [-0.25, -0.2) is 0 Å². The van der Waals surface area contributed by atoms with E-state index < -0.39 is 0 Å². The summed E-state index contributed by atoms with van der Waals surface area (Å²) in [6.45, 7) is 1.91. The van der Waals surface area contributed by atoms with E-state index in [0.29, 0.717) is 6.04 Å². The molecule has 0 spiro atoms. The van der Waals surface area contributed by atoms with E-state index in [4.69, 9.17) is 0 Å². The van der Waals surface area contributed by atoms with Crippen molar-refractivity contribution >= 4 is 5.84 Å². The molecular weight excluding hydrogens is 234 g/mol. The first-order valence-electron chi connectivity index (χ1n) is 7.26. The second kappa shape index (κ2) is 7.29. The van der Waals surface area contributed by atoms with E-state index in [1.165, 1.54) is 30.7 Å². The Balaban J connectivity index is 1.96. The number of nitrogens with zero attached hydrogens (tertiary/aromatic N) is 2. The summed E-state index contributed by atoms with van der Waals surface area (Å²) in [5, 5.41) is 3.55. The zero-order valence-electron chi connectivity index (χ0n) is 12.1. The summed E-state index contributed by atoms with van der Waals surface area (Å²) >= 11 is 0. The SMILES string of the molecule is CN(C)C(CNC1=NCCCCC1)c1ccccc1. The van der Waals surface area contributed by atoms with Crippen molar-refractivity contribution in [3.05, 3.63) is 35.9 Å². The van der Waals surface area contributed by atoms with Crippen molar-refractivity contribution < 1.29 is 0 Å². The van der Waals surface area contributed by atoms with Gasteiger partial charge in [0.05, 0.1) is 11.9 Å². The number of nitrogens with one attached hydrogen (secondary N) is 1. The van der Waals surface area contributed by atoms with Crippen LogP contribution < -0.4 is 5.32 Å². The maximum absolute atomic E-state index is 4.64. The highest BCUT2D eigenvalue weighted by atomic mass is 15.1. The Labute approximate surface area is 116 Å². The minimum absolute atomic E-state index is 0.396. The first kappa shape index (κ1) is 14.1. The number of rotatable bonds is 4. The molecule has 0 saturated heterocycles. The molecule has 0 bridgehead atoms. The van der Waals surface area contributed by atoms with Crippen molar-refractivity contribution in [2.45, 2.75) is 31.7 Å². The van der Waals surface area contributed by atoms with Crippen LogP contribution in [0.5, 0.6) is 0 Å². The highest BCUT2D eigenvalue weighted by Crippen LogP contribution is 2.17. The lowest BCUT2D eigenvalue weighted by Gasteiger charge is -2.25. The summed E-state index contributed by atoms with van der Waals surface area (Å²) < 4.78 is 0. The molecule has 1 heterocycles. The van der Waals surface area contributed by atoms with Crippen molar-refractivity contribution in [3.63, 3.8) is 0 Å². The van der Waals surface area contributed by atoms with Gasteiger partial charge in [-0.05, 0) is 32.5 Å². The highest BCUT2D eigenvalue weighted by Gasteiger charge is 2.14. The van der Waals surface area contributed by atoms with Gasteiger partial charge in [-0.15, -0.1) is 0 Å². The van der Waals surface area contributed by atoms with Gasteiger partial charge in [0.15, 0.2) is 0 Å². The minimum Gasteiger partial charge on any atom is -0.372 e. The summed E-state index contributed by atoms with van der Waals surface area (Å²) in [5.41, 5.74) is 1.36. The topological polar surface area (TPSA) is 27.6 Å². The standard InChI is InChI=1S/C16H25N3/c1-19(2)15(14-9-5-3-6-10-14)13-18-16-11-7-4-8-12-17-16/h3,5-6,9-10,15H,4,7-8,11-13H2,1-2H3,(H,17,18). The van der Waals surface area contributed by atoms with Crippen LogP contribution >= 0.6 is 0 Å². The minimum atomic E-state index is 0.396. The molecular formula is C16H25N3. The summed E-state index contributed by atoms with van der Waals surface area (Å²) in [6, 6.07) is 11.1. The molecule has 1 aliphatic rings. The van der Waals surface area contributed by atoms with Crippen LogP contribution in [0.1, 0.15) is 37.3 Å². The molecule has 0 saturated carbocycles. The van der Waals surface area contributed by atoms with Crippen LogP contribution in [-0.2, 0) is 0 Å². The molecule has 0 radical (unpaired) electrons. The van der Waals surface area contributed by atoms with Crippen molar-refractivity contribution in [2.24, 2.45) is 4.99 Å². The molecule has 0 amide bonds. The van der Waals surface area contributed by atoms with Crippen molar-refractivity contribution in [2.75, 3.05) is 27.2 Å². The predicted octanol–water partition coefficient (Wildman–Crippen LogP) is 2.85. The third-order valence-electron chi connectivity index (χ3n) is 3.68. The number of hydrogen-bond acceptors (Lipinski definition) is 3. The van der Waals surface area contributed by atoms with E-state index in [0.717, 1.165) is 19.5 Å². The predicted molar refractivity (Wildman–Crippen MR) is 81.6 cm³/mol. The number of benzene rings is 1. The molecule has 3 heteroatoms. The van der Waals surface area contributed by atoms with E-state index in [1.807, 2.05) is 0 Å². The second-order valence-corrected chi connectivity index (χ2v) is 5.41. The van der Waals surface area contributed by atoms with Crippen molar-refractivity contribution in [1.29, 1.82) is 0 Å². The van der Waals surface area contributed by atoms with Gasteiger partial charge in [0.25, 0.3) is 0 Å². The fraction of sp³-hybridized carbons (Fsp3) is 0.562. The molecule has 1 atom stereocenters. The highest BCUT2D eigenvalue weighted by molar-refractivity contribution is 5.82. The van der Waals surface area contributed by atoms with E-state index in [1.54, 1.807) is 0 Å². The monoisotopic (exact) mass is 259 g/mol. The fourth-order valence-corrected chi connectivity index (χ4v) is 2.51. The Morgan fingerprint density at radius 1 is 1.16 bits per heavy atom. The summed E-state index contributed by atoms with van der Waals surface area (Å²) in [4.78, 5) is 6.90. The van der Waals surface area contributed by atoms with Crippen LogP contribution in [0.3, 0.4) is 0 Å². The van der Waals surface area contributed by atoms with Gasteiger partial charge in [0.2, 0.25) is 0 Å². The Hall–Kier alpha value is -1.35. The van der Waals surface area contributed by atoms with Crippen LogP contribution in [-0.4, -0.2) is 37.9 Å². The maximum atomic E-state index is 4.64. The lowest BCUT2D eigenvalue weighted by molar-refractivity contribution is 0.298. The van der Waals surface area contributed by atoms with Crippen LogP contribution in [0.2, 0.25) is 0 Å². The molecule has 1 aliphatic heterocycles. The van der Waals surface area contributed by atoms with E-state index >= 15 is 0 Å². The molecule has 0 aliphatic carbocycles. The van der Waals surface area contributed by atoms with Crippen LogP contribution in [0.15, 0.2) is 35.3 Å². The van der Waals surface area contributed by atoms with Crippen molar-refractivity contribution in [3.8, 4) is 0 Å². The first-order valence-corrected chi connectivity index (χ1v) is 7.26. The average Bonchev–Trinajstić information content (AvgIpc) is 2.68. The third kappa shape index (κ3) is 4.35. The van der Waals surface area contributed by atoms with Crippen molar-refractivity contribution in [1.82, 2.24) is 10.2 Å². The Bertz CT molecular complexity index is 398. The zero-order valence-corrected chi connectivity index (χ0v) is 12.1. The third-order valence-corrected chi connectivity index (χ3v) is 3.68. The molecule has 19 heavy (non-hydrogen) atoms. The van der Waals surface area contributed by atoms with Gasteiger partial charge < -0.3 is 10.2 Å². The number of likely N-dealkylation sites (N-methyl/N-ethyl adjacent to an activating group) is 1. The lowest BCUT2D eigenvalue weighted by Crippen LogP contribution is -2.34. The Morgan fingerprint density at radius 2 is 1.95 bits per heavy atom. The van der Waals surface area contributed by atoms with Crippen LogP contribution in [0, 0.1) is 0 Å². The molecule has 3 nitrogen and oxygen atoms in total.